The molecule has 1 aliphatic heterocycles. The fourth-order valence-electron chi connectivity index (χ4n) is 4.38. The number of rotatable bonds is 4. The number of carbonyl (C=O) groups excluding carboxylic acids is 1. The Balaban J connectivity index is 1.44. The minimum absolute atomic E-state index is 0.0132. The first-order chi connectivity index (χ1) is 13.6. The Bertz CT molecular complexity index is 853. The number of fused-ring (bicyclic) bond motifs is 1. The van der Waals surface area contributed by atoms with Gasteiger partial charge in [-0.2, -0.15) is 0 Å². The number of anilines is 2. The van der Waals surface area contributed by atoms with Crippen LogP contribution in [0.15, 0.2) is 36.4 Å². The Morgan fingerprint density at radius 3 is 2.43 bits per heavy atom. The Labute approximate surface area is 168 Å². The van der Waals surface area contributed by atoms with E-state index in [9.17, 15) is 4.79 Å². The smallest absolute Gasteiger partial charge is 0.255 e. The molecule has 2 aromatic carbocycles. The van der Waals surface area contributed by atoms with Gasteiger partial charge in [0.05, 0.1) is 0 Å². The molecule has 0 radical (unpaired) electrons. The molecule has 2 aliphatic rings. The third kappa shape index (κ3) is 4.07. The number of likely N-dealkylation sites (N-methyl/N-ethyl adjacent to an activating group) is 1. The lowest BCUT2D eigenvalue weighted by molar-refractivity contribution is 0.102. The van der Waals surface area contributed by atoms with Crippen LogP contribution in [-0.4, -0.2) is 43.5 Å². The van der Waals surface area contributed by atoms with E-state index in [0.717, 1.165) is 62.4 Å². The second kappa shape index (κ2) is 8.36. The van der Waals surface area contributed by atoms with Crippen molar-refractivity contribution < 1.29 is 4.79 Å². The lowest BCUT2D eigenvalue weighted by atomic mass is 9.90. The van der Waals surface area contributed by atoms with Crippen molar-refractivity contribution in [2.75, 3.05) is 42.9 Å². The lowest BCUT2D eigenvalue weighted by Gasteiger charge is -2.35. The molecule has 148 valence electrons. The zero-order valence-corrected chi connectivity index (χ0v) is 17.1. The van der Waals surface area contributed by atoms with Crippen LogP contribution in [-0.2, 0) is 12.8 Å². The highest BCUT2D eigenvalue weighted by atomic mass is 16.1. The van der Waals surface area contributed by atoms with Gasteiger partial charge in [-0.1, -0.05) is 13.0 Å². The predicted molar refractivity (Wildman–Crippen MR) is 117 cm³/mol. The molecule has 0 saturated carbocycles. The molecule has 4 rings (SSSR count). The summed E-state index contributed by atoms with van der Waals surface area (Å²) in [6, 6.07) is 12.6. The fraction of sp³-hybridized carbons (Fsp3) is 0.458. The number of benzene rings is 2. The third-order valence-electron chi connectivity index (χ3n) is 6.25. The van der Waals surface area contributed by atoms with Crippen LogP contribution >= 0.6 is 0 Å². The summed E-state index contributed by atoms with van der Waals surface area (Å²) in [7, 11) is 0. The monoisotopic (exact) mass is 377 g/mol. The summed E-state index contributed by atoms with van der Waals surface area (Å²) in [6.45, 7) is 9.79. The molecular weight excluding hydrogens is 346 g/mol. The zero-order chi connectivity index (χ0) is 19.5. The van der Waals surface area contributed by atoms with Crippen molar-refractivity contribution in [3.05, 3.63) is 58.7 Å². The number of amides is 1. The summed E-state index contributed by atoms with van der Waals surface area (Å²) in [5.74, 6) is -0.0132. The first kappa shape index (κ1) is 19.0. The van der Waals surface area contributed by atoms with Crippen LogP contribution in [0.5, 0.6) is 0 Å². The second-order valence-electron chi connectivity index (χ2n) is 8.07. The molecule has 2 aromatic rings. The molecule has 1 fully saturated rings. The molecule has 1 aliphatic carbocycles. The Kier molecular flexibility index (Phi) is 5.67. The summed E-state index contributed by atoms with van der Waals surface area (Å²) in [4.78, 5) is 17.7. The molecule has 28 heavy (non-hydrogen) atoms. The van der Waals surface area contributed by atoms with Crippen LogP contribution in [0.1, 0.15) is 46.8 Å². The Morgan fingerprint density at radius 2 is 1.71 bits per heavy atom. The molecule has 4 nitrogen and oxygen atoms in total. The van der Waals surface area contributed by atoms with Crippen LogP contribution in [0.25, 0.3) is 0 Å². The molecule has 1 heterocycles. The van der Waals surface area contributed by atoms with Crippen molar-refractivity contribution in [2.24, 2.45) is 0 Å². The van der Waals surface area contributed by atoms with Gasteiger partial charge in [0, 0.05) is 43.1 Å². The van der Waals surface area contributed by atoms with Crippen molar-refractivity contribution in [1.29, 1.82) is 0 Å². The highest BCUT2D eigenvalue weighted by Gasteiger charge is 2.17. The number of hydrogen-bond donors (Lipinski definition) is 1. The largest absolute Gasteiger partial charge is 0.369 e. The number of nitrogens with one attached hydrogen (secondary N) is 1. The molecule has 4 heteroatoms. The quantitative estimate of drug-likeness (QED) is 0.864. The topological polar surface area (TPSA) is 35.6 Å². The Morgan fingerprint density at radius 1 is 0.964 bits per heavy atom. The fourth-order valence-corrected chi connectivity index (χ4v) is 4.38. The third-order valence-corrected chi connectivity index (χ3v) is 6.25. The van der Waals surface area contributed by atoms with E-state index in [1.165, 1.54) is 29.7 Å². The first-order valence-electron chi connectivity index (χ1n) is 10.6. The number of hydrogen-bond acceptors (Lipinski definition) is 3. The lowest BCUT2D eigenvalue weighted by Crippen LogP contribution is -2.46. The van der Waals surface area contributed by atoms with E-state index in [4.69, 9.17) is 0 Å². The first-order valence-corrected chi connectivity index (χ1v) is 10.6. The standard InChI is InChI=1S/C24H31N3O/c1-3-26-12-14-27(15-13-26)22-10-11-23(18(2)16-22)25-24(28)21-9-8-19-6-4-5-7-20(19)17-21/h8-11,16-17H,3-7,12-15H2,1-2H3,(H,25,28). The predicted octanol–water partition coefficient (Wildman–Crippen LogP) is 4.27. The van der Waals surface area contributed by atoms with Gasteiger partial charge in [-0.25, -0.2) is 0 Å². The van der Waals surface area contributed by atoms with E-state index in [1.807, 2.05) is 12.1 Å². The van der Waals surface area contributed by atoms with Crippen LogP contribution in [0.3, 0.4) is 0 Å². The molecule has 0 atom stereocenters. The van der Waals surface area contributed by atoms with E-state index in [-0.39, 0.29) is 5.91 Å². The van der Waals surface area contributed by atoms with Crippen molar-refractivity contribution in [1.82, 2.24) is 4.90 Å². The maximum atomic E-state index is 12.8. The molecule has 0 bridgehead atoms. The minimum atomic E-state index is -0.0132. The molecule has 1 N–H and O–H groups in total. The highest BCUT2D eigenvalue weighted by Crippen LogP contribution is 2.26. The van der Waals surface area contributed by atoms with Crippen LogP contribution in [0, 0.1) is 6.92 Å². The molecule has 1 amide bonds. The van der Waals surface area contributed by atoms with Gasteiger partial charge >= 0.3 is 0 Å². The van der Waals surface area contributed by atoms with E-state index in [1.54, 1.807) is 0 Å². The van der Waals surface area contributed by atoms with Gasteiger partial charge < -0.3 is 15.1 Å². The van der Waals surface area contributed by atoms with Crippen molar-refractivity contribution >= 4 is 17.3 Å². The highest BCUT2D eigenvalue weighted by molar-refractivity contribution is 6.04. The van der Waals surface area contributed by atoms with E-state index in [2.05, 4.69) is 53.2 Å². The van der Waals surface area contributed by atoms with Crippen molar-refractivity contribution in [2.45, 2.75) is 39.5 Å². The van der Waals surface area contributed by atoms with E-state index in [0.29, 0.717) is 0 Å². The Hall–Kier alpha value is -2.33. The maximum absolute atomic E-state index is 12.8. The van der Waals surface area contributed by atoms with Gasteiger partial charge in [0.25, 0.3) is 5.91 Å². The number of nitrogens with zero attached hydrogens (tertiary/aromatic N) is 2. The molecule has 0 spiro atoms. The van der Waals surface area contributed by atoms with Crippen LogP contribution < -0.4 is 10.2 Å². The van der Waals surface area contributed by atoms with Gasteiger partial charge in [-0.3, -0.25) is 4.79 Å². The molecule has 0 unspecified atom stereocenters. The summed E-state index contributed by atoms with van der Waals surface area (Å²) < 4.78 is 0. The van der Waals surface area contributed by atoms with Gasteiger partial charge in [-0.05, 0) is 86.2 Å². The summed E-state index contributed by atoms with van der Waals surface area (Å²) in [5.41, 5.74) is 6.78. The van der Waals surface area contributed by atoms with E-state index < -0.39 is 0 Å². The summed E-state index contributed by atoms with van der Waals surface area (Å²) in [6.07, 6.45) is 4.72. The van der Waals surface area contributed by atoms with Gasteiger partial charge in [-0.15, -0.1) is 0 Å². The van der Waals surface area contributed by atoms with Gasteiger partial charge in [0.2, 0.25) is 0 Å². The number of piperazine rings is 1. The van der Waals surface area contributed by atoms with Crippen molar-refractivity contribution in [3.8, 4) is 0 Å². The average molecular weight is 378 g/mol. The number of aryl methyl sites for hydroxylation is 3. The number of carbonyl (C=O) groups is 1. The summed E-state index contributed by atoms with van der Waals surface area (Å²) >= 11 is 0. The molecular formula is C24H31N3O. The van der Waals surface area contributed by atoms with Gasteiger partial charge in [0.1, 0.15) is 0 Å². The van der Waals surface area contributed by atoms with E-state index >= 15 is 0 Å². The normalized spacial score (nSPS) is 17.3. The second-order valence-corrected chi connectivity index (χ2v) is 8.07. The zero-order valence-electron chi connectivity index (χ0n) is 17.1. The molecule has 0 aromatic heterocycles. The van der Waals surface area contributed by atoms with Crippen molar-refractivity contribution in [3.63, 3.8) is 0 Å². The average Bonchev–Trinajstić information content (AvgIpc) is 2.74. The maximum Gasteiger partial charge on any atom is 0.255 e. The molecule has 1 saturated heterocycles. The van der Waals surface area contributed by atoms with Crippen LogP contribution in [0.4, 0.5) is 11.4 Å². The SMILES string of the molecule is CCN1CCN(c2ccc(NC(=O)c3ccc4c(c3)CCCC4)c(C)c2)CC1. The minimum Gasteiger partial charge on any atom is -0.369 e. The summed E-state index contributed by atoms with van der Waals surface area (Å²) in [5, 5.41) is 3.11. The van der Waals surface area contributed by atoms with Crippen LogP contribution in [0.2, 0.25) is 0 Å². The van der Waals surface area contributed by atoms with Gasteiger partial charge in [0.15, 0.2) is 0 Å².